The molecule has 1 heterocycles. The van der Waals surface area contributed by atoms with Crippen LogP contribution in [-0.4, -0.2) is 17.6 Å². The molecule has 1 unspecified atom stereocenters. The van der Waals surface area contributed by atoms with Crippen molar-refractivity contribution in [2.75, 3.05) is 17.7 Å². The summed E-state index contributed by atoms with van der Waals surface area (Å²) in [6.07, 6.45) is 6.21. The number of ether oxygens (including phenoxy) is 1. The van der Waals surface area contributed by atoms with Crippen LogP contribution in [0.25, 0.3) is 0 Å². The van der Waals surface area contributed by atoms with Crippen molar-refractivity contribution in [3.05, 3.63) is 12.1 Å². The maximum absolute atomic E-state index is 5.93. The van der Waals surface area contributed by atoms with Crippen LogP contribution in [0.1, 0.15) is 46.0 Å². The first kappa shape index (κ1) is 13.5. The lowest BCUT2D eigenvalue weighted by Crippen LogP contribution is -2.18. The van der Waals surface area contributed by atoms with Gasteiger partial charge in [0.15, 0.2) is 0 Å². The van der Waals surface area contributed by atoms with Gasteiger partial charge < -0.3 is 15.8 Å². The average molecular weight is 275 g/mol. The molecule has 1 aromatic heterocycles. The zero-order chi connectivity index (χ0) is 14.2. The molecule has 20 heavy (non-hydrogen) atoms. The molecule has 3 N–H and O–H groups in total. The molecule has 0 bridgehead atoms. The van der Waals surface area contributed by atoms with Crippen molar-refractivity contribution in [3.8, 4) is 5.88 Å². The fourth-order valence-electron chi connectivity index (χ4n) is 2.90. The van der Waals surface area contributed by atoms with Crippen LogP contribution in [0, 0.1) is 11.3 Å². The van der Waals surface area contributed by atoms with Crippen LogP contribution in [0.3, 0.4) is 0 Å². The van der Waals surface area contributed by atoms with Crippen LogP contribution in [-0.2, 0) is 0 Å². The molecule has 0 amide bonds. The van der Waals surface area contributed by atoms with Gasteiger partial charge in [-0.25, -0.2) is 0 Å². The zero-order valence-electron chi connectivity index (χ0n) is 12.5. The molecule has 1 aromatic rings. The summed E-state index contributed by atoms with van der Waals surface area (Å²) < 4.78 is 5.73. The van der Waals surface area contributed by atoms with Crippen molar-refractivity contribution in [2.24, 2.45) is 11.3 Å². The molecule has 0 aliphatic heterocycles. The number of nitrogen functional groups attached to an aromatic ring is 1. The van der Waals surface area contributed by atoms with Crippen molar-refractivity contribution in [1.82, 2.24) is 4.98 Å². The van der Waals surface area contributed by atoms with E-state index in [4.69, 9.17) is 10.5 Å². The Morgan fingerprint density at radius 3 is 2.80 bits per heavy atom. The Labute approximate surface area is 121 Å². The van der Waals surface area contributed by atoms with E-state index in [0.717, 1.165) is 12.4 Å². The Balaban J connectivity index is 1.62. The highest BCUT2D eigenvalue weighted by Gasteiger charge is 2.31. The third-order valence-electron chi connectivity index (χ3n) is 4.36. The number of rotatable bonds is 5. The molecule has 2 aliphatic rings. The average Bonchev–Trinajstić information content (AvgIpc) is 3.15. The Bertz CT molecular complexity index is 483. The number of aromatic nitrogens is 1. The number of hydrogen-bond donors (Lipinski definition) is 2. The van der Waals surface area contributed by atoms with Gasteiger partial charge in [-0.05, 0) is 55.6 Å². The smallest absolute Gasteiger partial charge is 0.239 e. The van der Waals surface area contributed by atoms with Gasteiger partial charge in [0.2, 0.25) is 5.88 Å². The molecule has 4 heteroatoms. The summed E-state index contributed by atoms with van der Waals surface area (Å²) in [6.45, 7) is 5.40. The zero-order valence-corrected chi connectivity index (χ0v) is 12.5. The fourth-order valence-corrected chi connectivity index (χ4v) is 2.90. The van der Waals surface area contributed by atoms with Crippen molar-refractivity contribution >= 4 is 11.5 Å². The lowest BCUT2D eigenvalue weighted by molar-refractivity contribution is 0.290. The lowest BCUT2D eigenvalue weighted by atomic mass is 9.92. The molecule has 0 aromatic carbocycles. The van der Waals surface area contributed by atoms with Crippen molar-refractivity contribution in [2.45, 2.75) is 52.0 Å². The summed E-state index contributed by atoms with van der Waals surface area (Å²) in [5.41, 5.74) is 7.00. The van der Waals surface area contributed by atoms with Gasteiger partial charge >= 0.3 is 0 Å². The third-order valence-corrected chi connectivity index (χ3v) is 4.36. The minimum Gasteiger partial charge on any atom is -0.476 e. The van der Waals surface area contributed by atoms with E-state index in [0.29, 0.717) is 28.9 Å². The highest BCUT2D eigenvalue weighted by atomic mass is 16.5. The normalized spacial score (nSPS) is 24.6. The minimum absolute atomic E-state index is 0.441. The number of nitrogens with two attached hydrogens (primary N) is 1. The highest BCUT2D eigenvalue weighted by molar-refractivity contribution is 5.54. The molecule has 3 rings (SSSR count). The van der Waals surface area contributed by atoms with Crippen LogP contribution >= 0.6 is 0 Å². The van der Waals surface area contributed by atoms with Gasteiger partial charge in [0.05, 0.1) is 12.3 Å². The van der Waals surface area contributed by atoms with Crippen LogP contribution in [0.15, 0.2) is 12.1 Å². The van der Waals surface area contributed by atoms with E-state index in [-0.39, 0.29) is 0 Å². The second-order valence-corrected chi connectivity index (χ2v) is 7.09. The van der Waals surface area contributed by atoms with Crippen molar-refractivity contribution < 1.29 is 4.74 Å². The highest BCUT2D eigenvalue weighted by Crippen LogP contribution is 2.38. The summed E-state index contributed by atoms with van der Waals surface area (Å²) in [5, 5.41) is 3.52. The van der Waals surface area contributed by atoms with Crippen LogP contribution < -0.4 is 15.8 Å². The van der Waals surface area contributed by atoms with Gasteiger partial charge in [-0.15, -0.1) is 0 Å². The van der Waals surface area contributed by atoms with Crippen LogP contribution in [0.4, 0.5) is 11.5 Å². The molecule has 2 fully saturated rings. The van der Waals surface area contributed by atoms with Gasteiger partial charge in [0.1, 0.15) is 5.82 Å². The van der Waals surface area contributed by atoms with Gasteiger partial charge in [-0.2, -0.15) is 4.98 Å². The Morgan fingerprint density at radius 1 is 1.35 bits per heavy atom. The lowest BCUT2D eigenvalue weighted by Gasteiger charge is -2.18. The number of anilines is 2. The molecule has 0 saturated heterocycles. The molecule has 0 spiro atoms. The number of pyridine rings is 1. The van der Waals surface area contributed by atoms with E-state index in [1.54, 1.807) is 0 Å². The molecular formula is C16H25N3O. The number of nitrogens with one attached hydrogen (secondary N) is 1. The van der Waals surface area contributed by atoms with Gasteiger partial charge in [-0.1, -0.05) is 13.8 Å². The molecule has 1 atom stereocenters. The quantitative estimate of drug-likeness (QED) is 0.864. The third kappa shape index (κ3) is 3.35. The second-order valence-electron chi connectivity index (χ2n) is 7.09. The first-order valence-electron chi connectivity index (χ1n) is 7.68. The topological polar surface area (TPSA) is 60.2 Å². The summed E-state index contributed by atoms with van der Waals surface area (Å²) in [5.74, 6) is 2.18. The van der Waals surface area contributed by atoms with Gasteiger partial charge in [0, 0.05) is 6.04 Å². The van der Waals surface area contributed by atoms with E-state index >= 15 is 0 Å². The molecule has 2 saturated carbocycles. The Morgan fingerprint density at radius 2 is 2.15 bits per heavy atom. The standard InChI is InChI=1S/C16H25N3O/c1-16(2)8-7-12(9-16)18-14-6-5-13(17)15(19-14)20-10-11-3-4-11/h5-6,11-12H,3-4,7-10,17H2,1-2H3,(H,18,19). The predicted molar refractivity (Wildman–Crippen MR) is 81.9 cm³/mol. The SMILES string of the molecule is CC1(C)CCC(Nc2ccc(N)c(OCC3CC3)n2)C1. The van der Waals surface area contributed by atoms with E-state index in [1.807, 2.05) is 12.1 Å². The predicted octanol–water partition coefficient (Wildman–Crippen LogP) is 3.44. The van der Waals surface area contributed by atoms with E-state index < -0.39 is 0 Å². The second kappa shape index (κ2) is 5.15. The molecule has 2 aliphatic carbocycles. The molecule has 0 radical (unpaired) electrons. The molecular weight excluding hydrogens is 250 g/mol. The summed E-state index contributed by atoms with van der Waals surface area (Å²) in [7, 11) is 0. The van der Waals surface area contributed by atoms with E-state index in [9.17, 15) is 0 Å². The van der Waals surface area contributed by atoms with Crippen LogP contribution in [0.2, 0.25) is 0 Å². The number of hydrogen-bond acceptors (Lipinski definition) is 4. The maximum atomic E-state index is 5.93. The van der Waals surface area contributed by atoms with E-state index in [1.165, 1.54) is 32.1 Å². The monoisotopic (exact) mass is 275 g/mol. The van der Waals surface area contributed by atoms with Crippen LogP contribution in [0.5, 0.6) is 5.88 Å². The van der Waals surface area contributed by atoms with Gasteiger partial charge in [-0.3, -0.25) is 0 Å². The molecule has 4 nitrogen and oxygen atoms in total. The Hall–Kier alpha value is -1.45. The van der Waals surface area contributed by atoms with Gasteiger partial charge in [0.25, 0.3) is 0 Å². The number of nitrogens with zero attached hydrogens (tertiary/aromatic N) is 1. The summed E-state index contributed by atoms with van der Waals surface area (Å²) in [4.78, 5) is 4.52. The summed E-state index contributed by atoms with van der Waals surface area (Å²) >= 11 is 0. The van der Waals surface area contributed by atoms with E-state index in [2.05, 4.69) is 24.1 Å². The summed E-state index contributed by atoms with van der Waals surface area (Å²) in [6, 6.07) is 4.35. The van der Waals surface area contributed by atoms with Crippen molar-refractivity contribution in [1.29, 1.82) is 0 Å². The first-order chi connectivity index (χ1) is 9.52. The first-order valence-corrected chi connectivity index (χ1v) is 7.68. The fraction of sp³-hybridized carbons (Fsp3) is 0.688. The largest absolute Gasteiger partial charge is 0.476 e. The molecule has 110 valence electrons. The Kier molecular flexibility index (Phi) is 3.48. The minimum atomic E-state index is 0.441. The van der Waals surface area contributed by atoms with Crippen molar-refractivity contribution in [3.63, 3.8) is 0 Å². The maximum Gasteiger partial charge on any atom is 0.239 e.